The first-order valence-electron chi connectivity index (χ1n) is 9.79. The predicted molar refractivity (Wildman–Crippen MR) is 132 cm³/mol. The van der Waals surface area contributed by atoms with Crippen molar-refractivity contribution in [1.29, 1.82) is 0 Å². The minimum absolute atomic E-state index is 0. The number of ether oxygens (including phenoxy) is 1. The lowest BCUT2D eigenvalue weighted by Gasteiger charge is -2.19. The van der Waals surface area contributed by atoms with Crippen LogP contribution in [-0.2, 0) is 10.8 Å². The first-order chi connectivity index (χ1) is 12.6. The molecule has 0 saturated carbocycles. The summed E-state index contributed by atoms with van der Waals surface area (Å²) in [5.74, 6) is 2.72. The van der Waals surface area contributed by atoms with Crippen molar-refractivity contribution in [2.75, 3.05) is 25.4 Å². The van der Waals surface area contributed by atoms with E-state index in [1.54, 1.807) is 0 Å². The standard InChI is InChI=1S/C21H37N3O2S.HI/c1-8-22-20(23-13-14-27(25)21(5,6)7)24-17(4)18-9-11-19(12-10-18)26-15-16(2)3;/h9-12,16-17H,8,13-15H2,1-7H3,(H2,22,23,24);1H. The number of hydrogen-bond donors (Lipinski definition) is 2. The second kappa shape index (κ2) is 13.4. The molecular formula is C21H38IN3O2S. The minimum Gasteiger partial charge on any atom is -0.493 e. The van der Waals surface area contributed by atoms with Crippen LogP contribution in [0.4, 0.5) is 0 Å². The largest absolute Gasteiger partial charge is 0.493 e. The van der Waals surface area contributed by atoms with Crippen LogP contribution >= 0.6 is 24.0 Å². The molecule has 28 heavy (non-hydrogen) atoms. The molecule has 162 valence electrons. The predicted octanol–water partition coefficient (Wildman–Crippen LogP) is 4.50. The molecule has 0 saturated heterocycles. The lowest BCUT2D eigenvalue weighted by molar-refractivity contribution is 0.271. The van der Waals surface area contributed by atoms with Gasteiger partial charge in [-0.25, -0.2) is 0 Å². The van der Waals surface area contributed by atoms with E-state index in [1.165, 1.54) is 0 Å². The molecule has 0 aliphatic heterocycles. The van der Waals surface area contributed by atoms with Gasteiger partial charge in [0.25, 0.3) is 0 Å². The first-order valence-corrected chi connectivity index (χ1v) is 11.1. The summed E-state index contributed by atoms with van der Waals surface area (Å²) < 4.78 is 17.7. The molecule has 2 N–H and O–H groups in total. The Balaban J connectivity index is 0.00000729. The molecule has 0 aliphatic carbocycles. The molecule has 0 bridgehead atoms. The second-order valence-electron chi connectivity index (χ2n) is 8.06. The maximum Gasteiger partial charge on any atom is 0.191 e. The van der Waals surface area contributed by atoms with E-state index in [0.717, 1.165) is 30.4 Å². The molecule has 2 atom stereocenters. The highest BCUT2D eigenvalue weighted by Gasteiger charge is 2.18. The van der Waals surface area contributed by atoms with Gasteiger partial charge in [0, 0.05) is 27.8 Å². The average Bonchev–Trinajstić information content (AvgIpc) is 2.59. The average molecular weight is 524 g/mol. The summed E-state index contributed by atoms with van der Waals surface area (Å²) in [7, 11) is -0.891. The molecular weight excluding hydrogens is 485 g/mol. The zero-order chi connectivity index (χ0) is 20.4. The normalized spacial score (nSPS) is 14.2. The maximum absolute atomic E-state index is 12.2. The van der Waals surface area contributed by atoms with Gasteiger partial charge in [-0.2, -0.15) is 0 Å². The fourth-order valence-corrected chi connectivity index (χ4v) is 3.14. The summed E-state index contributed by atoms with van der Waals surface area (Å²) in [6, 6.07) is 8.27. The van der Waals surface area contributed by atoms with Crippen LogP contribution in [0.25, 0.3) is 0 Å². The SMILES string of the molecule is CCNC(=NCCS(=O)C(C)(C)C)NC(C)c1ccc(OCC(C)C)cc1.I. The van der Waals surface area contributed by atoms with Gasteiger partial charge >= 0.3 is 0 Å². The Morgan fingerprint density at radius 3 is 2.29 bits per heavy atom. The van der Waals surface area contributed by atoms with Crippen LogP contribution in [0.1, 0.15) is 60.1 Å². The minimum atomic E-state index is -0.891. The summed E-state index contributed by atoms with van der Waals surface area (Å²) in [5.41, 5.74) is 1.16. The van der Waals surface area contributed by atoms with Crippen LogP contribution < -0.4 is 15.4 Å². The molecule has 0 amide bonds. The molecule has 0 aliphatic rings. The Hall–Kier alpha value is -0.830. The number of halogens is 1. The van der Waals surface area contributed by atoms with Crippen molar-refractivity contribution in [2.24, 2.45) is 10.9 Å². The number of nitrogens with one attached hydrogen (secondary N) is 2. The summed E-state index contributed by atoms with van der Waals surface area (Å²) in [6.45, 7) is 16.4. The molecule has 0 radical (unpaired) electrons. The first kappa shape index (κ1) is 27.2. The van der Waals surface area contributed by atoms with Crippen molar-refractivity contribution in [1.82, 2.24) is 10.6 Å². The Kier molecular flexibility index (Phi) is 13.0. The monoisotopic (exact) mass is 523 g/mol. The van der Waals surface area contributed by atoms with Gasteiger partial charge in [0.15, 0.2) is 5.96 Å². The van der Waals surface area contributed by atoms with Crippen molar-refractivity contribution in [2.45, 2.75) is 59.3 Å². The van der Waals surface area contributed by atoms with Crippen molar-refractivity contribution < 1.29 is 8.95 Å². The van der Waals surface area contributed by atoms with Gasteiger partial charge in [-0.05, 0) is 58.2 Å². The van der Waals surface area contributed by atoms with E-state index in [2.05, 4.69) is 48.5 Å². The van der Waals surface area contributed by atoms with E-state index < -0.39 is 10.8 Å². The van der Waals surface area contributed by atoms with E-state index in [1.807, 2.05) is 39.8 Å². The third-order valence-electron chi connectivity index (χ3n) is 3.89. The van der Waals surface area contributed by atoms with E-state index in [4.69, 9.17) is 4.74 Å². The van der Waals surface area contributed by atoms with E-state index in [0.29, 0.717) is 18.2 Å². The fraction of sp³-hybridized carbons (Fsp3) is 0.667. The van der Waals surface area contributed by atoms with Gasteiger partial charge in [0.05, 0.1) is 19.2 Å². The van der Waals surface area contributed by atoms with Crippen molar-refractivity contribution in [3.8, 4) is 5.75 Å². The summed E-state index contributed by atoms with van der Waals surface area (Å²) in [6.07, 6.45) is 0. The Bertz CT molecular complexity index is 613. The lowest BCUT2D eigenvalue weighted by Crippen LogP contribution is -2.39. The Labute approximate surface area is 191 Å². The van der Waals surface area contributed by atoms with Gasteiger partial charge in [0.2, 0.25) is 0 Å². The summed E-state index contributed by atoms with van der Waals surface area (Å²) >= 11 is 0. The quantitative estimate of drug-likeness (QED) is 0.284. The van der Waals surface area contributed by atoms with Crippen LogP contribution in [0, 0.1) is 5.92 Å². The van der Waals surface area contributed by atoms with Gasteiger partial charge in [-0.1, -0.05) is 26.0 Å². The molecule has 1 rings (SSSR count). The zero-order valence-corrected chi connectivity index (χ0v) is 21.5. The van der Waals surface area contributed by atoms with Gasteiger partial charge in [0.1, 0.15) is 5.75 Å². The molecule has 2 unspecified atom stereocenters. The van der Waals surface area contributed by atoms with Gasteiger partial charge in [-0.3, -0.25) is 9.20 Å². The topological polar surface area (TPSA) is 62.7 Å². The number of nitrogens with zero attached hydrogens (tertiary/aromatic N) is 1. The maximum atomic E-state index is 12.2. The number of rotatable bonds is 9. The molecule has 0 fully saturated rings. The second-order valence-corrected chi connectivity index (χ2v) is 10.4. The third-order valence-corrected chi connectivity index (χ3v) is 5.81. The van der Waals surface area contributed by atoms with Crippen LogP contribution in [0.5, 0.6) is 5.75 Å². The molecule has 1 aromatic carbocycles. The molecule has 1 aromatic rings. The molecule has 0 aromatic heterocycles. The third kappa shape index (κ3) is 10.6. The van der Waals surface area contributed by atoms with Crippen LogP contribution in [0.3, 0.4) is 0 Å². The van der Waals surface area contributed by atoms with Crippen LogP contribution in [0.2, 0.25) is 0 Å². The highest BCUT2D eigenvalue weighted by atomic mass is 127. The highest BCUT2D eigenvalue weighted by molar-refractivity contribution is 14.0. The molecule has 0 spiro atoms. The van der Waals surface area contributed by atoms with Crippen molar-refractivity contribution >= 4 is 40.7 Å². The number of benzene rings is 1. The summed E-state index contributed by atoms with van der Waals surface area (Å²) in [5, 5.41) is 6.67. The van der Waals surface area contributed by atoms with E-state index >= 15 is 0 Å². The molecule has 0 heterocycles. The van der Waals surface area contributed by atoms with E-state index in [-0.39, 0.29) is 34.8 Å². The van der Waals surface area contributed by atoms with Crippen molar-refractivity contribution in [3.63, 3.8) is 0 Å². The zero-order valence-electron chi connectivity index (χ0n) is 18.4. The van der Waals surface area contributed by atoms with Gasteiger partial charge < -0.3 is 15.4 Å². The Morgan fingerprint density at radius 1 is 1.18 bits per heavy atom. The van der Waals surface area contributed by atoms with E-state index in [9.17, 15) is 4.21 Å². The van der Waals surface area contributed by atoms with Crippen LogP contribution in [-0.4, -0.2) is 40.4 Å². The number of aliphatic imine (C=N–C) groups is 1. The summed E-state index contributed by atoms with van der Waals surface area (Å²) in [4.78, 5) is 4.58. The number of hydrogen-bond acceptors (Lipinski definition) is 3. The lowest BCUT2D eigenvalue weighted by atomic mass is 10.1. The van der Waals surface area contributed by atoms with Crippen LogP contribution in [0.15, 0.2) is 29.3 Å². The Morgan fingerprint density at radius 2 is 1.79 bits per heavy atom. The van der Waals surface area contributed by atoms with Gasteiger partial charge in [-0.15, -0.1) is 24.0 Å². The molecule has 5 nitrogen and oxygen atoms in total. The highest BCUT2D eigenvalue weighted by Crippen LogP contribution is 2.18. The fourth-order valence-electron chi connectivity index (χ4n) is 2.27. The van der Waals surface area contributed by atoms with Crippen molar-refractivity contribution in [3.05, 3.63) is 29.8 Å². The smallest absolute Gasteiger partial charge is 0.191 e. The number of guanidine groups is 1. The molecule has 7 heteroatoms.